The number of esters is 1. The van der Waals surface area contributed by atoms with Crippen molar-refractivity contribution in [2.45, 2.75) is 6.42 Å². The van der Waals surface area contributed by atoms with Gasteiger partial charge in [-0.15, -0.1) is 0 Å². The molecule has 0 unspecified atom stereocenters. The third kappa shape index (κ3) is 2.56. The maximum absolute atomic E-state index is 11.1. The molecule has 0 saturated carbocycles. The molecule has 1 aromatic rings. The van der Waals surface area contributed by atoms with Gasteiger partial charge in [0.25, 0.3) is 0 Å². The van der Waals surface area contributed by atoms with Crippen molar-refractivity contribution in [3.8, 4) is 0 Å². The number of carbonyl (C=O) groups excluding carboxylic acids is 1. The molecular formula is C10H11BrO3. The Morgan fingerprint density at radius 2 is 2.29 bits per heavy atom. The third-order valence-corrected chi connectivity index (χ3v) is 2.59. The molecule has 0 bridgehead atoms. The van der Waals surface area contributed by atoms with E-state index in [9.17, 15) is 4.79 Å². The predicted molar refractivity (Wildman–Crippen MR) is 56.3 cm³/mol. The first-order valence-electron chi connectivity index (χ1n) is 4.16. The molecule has 0 spiro atoms. The lowest BCUT2D eigenvalue weighted by Gasteiger charge is -2.04. The highest BCUT2D eigenvalue weighted by Crippen LogP contribution is 2.19. The fourth-order valence-corrected chi connectivity index (χ4v) is 1.69. The number of ether oxygens (including phenoxy) is 1. The van der Waals surface area contributed by atoms with Crippen LogP contribution in [-0.4, -0.2) is 24.8 Å². The van der Waals surface area contributed by atoms with Gasteiger partial charge in [0.1, 0.15) is 0 Å². The molecule has 14 heavy (non-hydrogen) atoms. The summed E-state index contributed by atoms with van der Waals surface area (Å²) in [7, 11) is 1.35. The molecule has 0 atom stereocenters. The normalized spacial score (nSPS) is 9.93. The summed E-state index contributed by atoms with van der Waals surface area (Å²) >= 11 is 3.33. The SMILES string of the molecule is COC(=O)c1ccc(CCO)c(Br)c1. The zero-order valence-corrected chi connectivity index (χ0v) is 9.37. The summed E-state index contributed by atoms with van der Waals surface area (Å²) in [4.78, 5) is 11.1. The molecule has 0 fully saturated rings. The predicted octanol–water partition coefficient (Wildman–Crippen LogP) is 1.77. The Morgan fingerprint density at radius 3 is 2.79 bits per heavy atom. The van der Waals surface area contributed by atoms with Crippen LogP contribution < -0.4 is 0 Å². The average Bonchev–Trinajstić information content (AvgIpc) is 2.20. The first kappa shape index (κ1) is 11.2. The van der Waals surface area contributed by atoms with Crippen molar-refractivity contribution in [2.75, 3.05) is 13.7 Å². The zero-order chi connectivity index (χ0) is 10.6. The fraction of sp³-hybridized carbons (Fsp3) is 0.300. The summed E-state index contributed by atoms with van der Waals surface area (Å²) in [6, 6.07) is 5.17. The van der Waals surface area contributed by atoms with E-state index in [0.29, 0.717) is 12.0 Å². The Kier molecular flexibility index (Phi) is 4.10. The molecule has 0 saturated heterocycles. The molecule has 4 heteroatoms. The molecule has 0 aromatic heterocycles. The topological polar surface area (TPSA) is 46.5 Å². The fourth-order valence-electron chi connectivity index (χ4n) is 1.12. The molecule has 0 radical (unpaired) electrons. The van der Waals surface area contributed by atoms with Gasteiger partial charge < -0.3 is 9.84 Å². The van der Waals surface area contributed by atoms with Gasteiger partial charge >= 0.3 is 5.97 Å². The van der Waals surface area contributed by atoms with Gasteiger partial charge in [-0.05, 0) is 24.1 Å². The van der Waals surface area contributed by atoms with E-state index in [2.05, 4.69) is 20.7 Å². The summed E-state index contributed by atoms with van der Waals surface area (Å²) in [6.07, 6.45) is 0.571. The van der Waals surface area contributed by atoms with E-state index < -0.39 is 0 Å². The first-order chi connectivity index (χ1) is 6.69. The van der Waals surface area contributed by atoms with Crippen molar-refractivity contribution in [3.63, 3.8) is 0 Å². The third-order valence-electron chi connectivity index (χ3n) is 1.86. The summed E-state index contributed by atoms with van der Waals surface area (Å²) in [6.45, 7) is 0.0934. The first-order valence-corrected chi connectivity index (χ1v) is 4.96. The number of aliphatic hydroxyl groups excluding tert-OH is 1. The van der Waals surface area contributed by atoms with Crippen LogP contribution in [-0.2, 0) is 11.2 Å². The second-order valence-corrected chi connectivity index (χ2v) is 3.63. The number of benzene rings is 1. The van der Waals surface area contributed by atoms with E-state index in [4.69, 9.17) is 5.11 Å². The van der Waals surface area contributed by atoms with Crippen molar-refractivity contribution in [2.24, 2.45) is 0 Å². The largest absolute Gasteiger partial charge is 0.465 e. The highest BCUT2D eigenvalue weighted by atomic mass is 79.9. The number of hydrogen-bond acceptors (Lipinski definition) is 3. The number of methoxy groups -OCH3 is 1. The molecule has 0 aliphatic heterocycles. The van der Waals surface area contributed by atoms with Crippen LogP contribution in [0.15, 0.2) is 22.7 Å². The van der Waals surface area contributed by atoms with E-state index in [1.54, 1.807) is 18.2 Å². The molecule has 1 N–H and O–H groups in total. The van der Waals surface area contributed by atoms with E-state index in [1.165, 1.54) is 7.11 Å². The standard InChI is InChI=1S/C10H11BrO3/c1-14-10(13)8-3-2-7(4-5-12)9(11)6-8/h2-3,6,12H,4-5H2,1H3. The number of rotatable bonds is 3. The number of aliphatic hydroxyl groups is 1. The maximum Gasteiger partial charge on any atom is 0.337 e. The molecule has 1 rings (SSSR count). The van der Waals surface area contributed by atoms with Gasteiger partial charge in [0.15, 0.2) is 0 Å². The van der Waals surface area contributed by atoms with Crippen molar-refractivity contribution < 1.29 is 14.6 Å². The highest BCUT2D eigenvalue weighted by Gasteiger charge is 2.07. The average molecular weight is 259 g/mol. The molecule has 0 heterocycles. The summed E-state index contributed by atoms with van der Waals surface area (Å²) in [5, 5.41) is 8.76. The van der Waals surface area contributed by atoms with Crippen LogP contribution in [0, 0.1) is 0 Å². The van der Waals surface area contributed by atoms with Crippen LogP contribution >= 0.6 is 15.9 Å². The Morgan fingerprint density at radius 1 is 1.57 bits per heavy atom. The Bertz CT molecular complexity index is 336. The van der Waals surface area contributed by atoms with Gasteiger partial charge in [0, 0.05) is 11.1 Å². The minimum Gasteiger partial charge on any atom is -0.465 e. The second kappa shape index (κ2) is 5.12. The summed E-state index contributed by atoms with van der Waals surface area (Å²) in [5.41, 5.74) is 1.47. The smallest absolute Gasteiger partial charge is 0.337 e. The summed E-state index contributed by atoms with van der Waals surface area (Å²) in [5.74, 6) is -0.360. The van der Waals surface area contributed by atoms with Crippen molar-refractivity contribution in [1.29, 1.82) is 0 Å². The van der Waals surface area contributed by atoms with Crippen LogP contribution in [0.1, 0.15) is 15.9 Å². The van der Waals surface area contributed by atoms with E-state index >= 15 is 0 Å². The van der Waals surface area contributed by atoms with E-state index in [0.717, 1.165) is 10.0 Å². The minimum absolute atomic E-state index is 0.0934. The number of hydrogen-bond donors (Lipinski definition) is 1. The van der Waals surface area contributed by atoms with Gasteiger partial charge in [-0.2, -0.15) is 0 Å². The monoisotopic (exact) mass is 258 g/mol. The quantitative estimate of drug-likeness (QED) is 0.841. The lowest BCUT2D eigenvalue weighted by Crippen LogP contribution is -2.02. The second-order valence-electron chi connectivity index (χ2n) is 2.77. The summed E-state index contributed by atoms with van der Waals surface area (Å²) < 4.78 is 5.40. The van der Waals surface area contributed by atoms with Gasteiger partial charge in [0.05, 0.1) is 12.7 Å². The van der Waals surface area contributed by atoms with Gasteiger partial charge in [0.2, 0.25) is 0 Å². The molecule has 0 amide bonds. The van der Waals surface area contributed by atoms with Gasteiger partial charge in [-0.3, -0.25) is 0 Å². The van der Waals surface area contributed by atoms with Crippen LogP contribution in [0.4, 0.5) is 0 Å². The molecule has 76 valence electrons. The highest BCUT2D eigenvalue weighted by molar-refractivity contribution is 9.10. The molecular weight excluding hydrogens is 248 g/mol. The van der Waals surface area contributed by atoms with Crippen LogP contribution in [0.3, 0.4) is 0 Å². The lowest BCUT2D eigenvalue weighted by atomic mass is 10.1. The van der Waals surface area contributed by atoms with Crippen LogP contribution in [0.25, 0.3) is 0 Å². The molecule has 0 aliphatic rings. The molecule has 1 aromatic carbocycles. The van der Waals surface area contributed by atoms with Crippen molar-refractivity contribution in [3.05, 3.63) is 33.8 Å². The van der Waals surface area contributed by atoms with Gasteiger partial charge in [-0.1, -0.05) is 22.0 Å². The minimum atomic E-state index is -0.360. The number of carbonyl (C=O) groups is 1. The van der Waals surface area contributed by atoms with E-state index in [1.807, 2.05) is 0 Å². The van der Waals surface area contributed by atoms with Crippen molar-refractivity contribution in [1.82, 2.24) is 0 Å². The van der Waals surface area contributed by atoms with Crippen LogP contribution in [0.5, 0.6) is 0 Å². The Hall–Kier alpha value is -0.870. The van der Waals surface area contributed by atoms with E-state index in [-0.39, 0.29) is 12.6 Å². The Balaban J connectivity index is 2.94. The lowest BCUT2D eigenvalue weighted by molar-refractivity contribution is 0.0600. The number of halogens is 1. The molecule has 3 nitrogen and oxygen atoms in total. The van der Waals surface area contributed by atoms with Crippen molar-refractivity contribution >= 4 is 21.9 Å². The zero-order valence-electron chi connectivity index (χ0n) is 7.79. The Labute approximate surface area is 90.8 Å². The van der Waals surface area contributed by atoms with Gasteiger partial charge in [-0.25, -0.2) is 4.79 Å². The molecule has 0 aliphatic carbocycles. The maximum atomic E-state index is 11.1. The van der Waals surface area contributed by atoms with Crippen LogP contribution in [0.2, 0.25) is 0 Å².